The average molecular weight is 273 g/mol. The molecular weight excluding hydrogens is 264 g/mol. The molecule has 0 aliphatic heterocycles. The first-order chi connectivity index (χ1) is 9.36. The van der Waals surface area contributed by atoms with Crippen LogP contribution in [0.5, 0.6) is 0 Å². The third kappa shape index (κ3) is 2.43. The molecule has 0 saturated carbocycles. The molecule has 3 aromatic rings. The van der Waals surface area contributed by atoms with Crippen LogP contribution >= 0.6 is 11.6 Å². The van der Waals surface area contributed by atoms with Gasteiger partial charge in [0.1, 0.15) is 0 Å². The smallest absolute Gasteiger partial charge is 0.152 e. The van der Waals surface area contributed by atoms with Crippen LogP contribution in [0.25, 0.3) is 17.2 Å². The number of aromatic nitrogens is 6. The first kappa shape index (κ1) is 11.7. The monoisotopic (exact) mass is 272 g/mol. The van der Waals surface area contributed by atoms with Crippen molar-refractivity contribution in [2.45, 2.75) is 5.88 Å². The van der Waals surface area contributed by atoms with Crippen molar-refractivity contribution in [3.05, 3.63) is 48.2 Å². The minimum absolute atomic E-state index is 0.327. The highest BCUT2D eigenvalue weighted by Crippen LogP contribution is 2.13. The molecule has 0 spiro atoms. The summed E-state index contributed by atoms with van der Waals surface area (Å²) in [6, 6.07) is 13.1. The molecule has 6 nitrogen and oxygen atoms in total. The van der Waals surface area contributed by atoms with Crippen LogP contribution in [0.4, 0.5) is 0 Å². The van der Waals surface area contributed by atoms with E-state index in [0.29, 0.717) is 23.2 Å². The van der Waals surface area contributed by atoms with E-state index >= 15 is 0 Å². The van der Waals surface area contributed by atoms with Crippen LogP contribution in [-0.4, -0.2) is 30.4 Å². The summed E-state index contributed by atoms with van der Waals surface area (Å²) in [5.74, 6) is 1.38. The summed E-state index contributed by atoms with van der Waals surface area (Å²) in [7, 11) is 0. The van der Waals surface area contributed by atoms with Crippen molar-refractivity contribution < 1.29 is 0 Å². The highest BCUT2D eigenvalue weighted by atomic mass is 35.5. The second kappa shape index (κ2) is 5.11. The Morgan fingerprint density at radius 1 is 0.947 bits per heavy atom. The number of alkyl halides is 1. The van der Waals surface area contributed by atoms with Crippen molar-refractivity contribution in [1.82, 2.24) is 30.4 Å². The van der Waals surface area contributed by atoms with Crippen molar-refractivity contribution in [3.63, 3.8) is 0 Å². The van der Waals surface area contributed by atoms with Gasteiger partial charge in [-0.1, -0.05) is 30.3 Å². The molecule has 0 radical (unpaired) electrons. The van der Waals surface area contributed by atoms with E-state index in [4.69, 9.17) is 11.6 Å². The van der Waals surface area contributed by atoms with Gasteiger partial charge in [-0.15, -0.1) is 31.7 Å². The molecule has 2 aromatic heterocycles. The van der Waals surface area contributed by atoms with E-state index < -0.39 is 0 Å². The number of benzene rings is 1. The molecule has 2 heterocycles. The van der Waals surface area contributed by atoms with E-state index in [0.717, 1.165) is 5.56 Å². The second-order valence-electron chi connectivity index (χ2n) is 3.79. The number of nitrogens with zero attached hydrogens (tertiary/aromatic N) is 6. The van der Waals surface area contributed by atoms with E-state index in [9.17, 15) is 0 Å². The minimum atomic E-state index is 0.327. The molecule has 19 heavy (non-hydrogen) atoms. The molecule has 0 aliphatic carbocycles. The van der Waals surface area contributed by atoms with Gasteiger partial charge in [-0.25, -0.2) is 0 Å². The molecule has 3 rings (SSSR count). The molecule has 0 aliphatic rings. The standard InChI is InChI=1S/C12H9ClN6/c13-8-10-6-7-11(15-14-10)19-17-12(16-18-19)9-4-2-1-3-5-9/h1-7H,8H2. The zero-order chi connectivity index (χ0) is 13.1. The Kier molecular flexibility index (Phi) is 3.16. The topological polar surface area (TPSA) is 69.4 Å². The SMILES string of the molecule is ClCc1ccc(-n2nnc(-c3ccccc3)n2)nn1. The van der Waals surface area contributed by atoms with Crippen molar-refractivity contribution in [2.75, 3.05) is 0 Å². The largest absolute Gasteiger partial charge is 0.205 e. The maximum atomic E-state index is 5.66. The highest BCUT2D eigenvalue weighted by molar-refractivity contribution is 6.16. The van der Waals surface area contributed by atoms with Gasteiger partial charge in [0.2, 0.25) is 5.82 Å². The third-order valence-electron chi connectivity index (χ3n) is 2.49. The van der Waals surface area contributed by atoms with Gasteiger partial charge in [0, 0.05) is 5.56 Å². The summed E-state index contributed by atoms with van der Waals surface area (Å²) < 4.78 is 0. The second-order valence-corrected chi connectivity index (χ2v) is 4.05. The zero-order valence-electron chi connectivity index (χ0n) is 9.81. The van der Waals surface area contributed by atoms with Crippen molar-refractivity contribution >= 4 is 11.6 Å². The fraction of sp³-hybridized carbons (Fsp3) is 0.0833. The van der Waals surface area contributed by atoms with Gasteiger partial charge in [-0.3, -0.25) is 0 Å². The first-order valence-electron chi connectivity index (χ1n) is 5.61. The third-order valence-corrected chi connectivity index (χ3v) is 2.77. The van der Waals surface area contributed by atoms with Crippen LogP contribution in [0.2, 0.25) is 0 Å². The number of hydrogen-bond donors (Lipinski definition) is 0. The molecule has 0 fully saturated rings. The molecule has 0 bridgehead atoms. The average Bonchev–Trinajstić information content (AvgIpc) is 2.98. The molecular formula is C12H9ClN6. The van der Waals surface area contributed by atoms with Gasteiger partial charge in [-0.05, 0) is 17.3 Å². The van der Waals surface area contributed by atoms with E-state index in [1.165, 1.54) is 4.80 Å². The normalized spacial score (nSPS) is 10.6. The molecule has 94 valence electrons. The molecule has 1 aromatic carbocycles. The lowest BCUT2D eigenvalue weighted by atomic mass is 10.2. The predicted molar refractivity (Wildman–Crippen MR) is 69.7 cm³/mol. The van der Waals surface area contributed by atoms with Crippen LogP contribution in [0.3, 0.4) is 0 Å². The zero-order valence-corrected chi connectivity index (χ0v) is 10.6. The fourth-order valence-electron chi connectivity index (χ4n) is 1.54. The molecule has 0 unspecified atom stereocenters. The van der Waals surface area contributed by atoms with Crippen molar-refractivity contribution in [3.8, 4) is 17.2 Å². The summed E-state index contributed by atoms with van der Waals surface area (Å²) in [6.45, 7) is 0. The Morgan fingerprint density at radius 3 is 2.47 bits per heavy atom. The lowest BCUT2D eigenvalue weighted by Gasteiger charge is -1.97. The molecule has 7 heteroatoms. The number of hydrogen-bond acceptors (Lipinski definition) is 5. The van der Waals surface area contributed by atoms with Gasteiger partial charge in [-0.2, -0.15) is 5.10 Å². The number of rotatable bonds is 3. The molecule has 0 amide bonds. The van der Waals surface area contributed by atoms with Crippen LogP contribution in [0.1, 0.15) is 5.69 Å². The first-order valence-corrected chi connectivity index (χ1v) is 6.14. The van der Waals surface area contributed by atoms with Crippen LogP contribution in [-0.2, 0) is 5.88 Å². The van der Waals surface area contributed by atoms with Gasteiger partial charge in [0.15, 0.2) is 5.82 Å². The predicted octanol–water partition coefficient (Wildman–Crippen LogP) is 1.86. The lowest BCUT2D eigenvalue weighted by Crippen LogP contribution is -2.04. The van der Waals surface area contributed by atoms with Crippen LogP contribution in [0, 0.1) is 0 Å². The van der Waals surface area contributed by atoms with Crippen LogP contribution < -0.4 is 0 Å². The Bertz CT molecular complexity index is 664. The summed E-state index contributed by atoms with van der Waals surface area (Å²) >= 11 is 5.66. The maximum absolute atomic E-state index is 5.66. The fourth-order valence-corrected chi connectivity index (χ4v) is 1.69. The maximum Gasteiger partial charge on any atom is 0.205 e. The highest BCUT2D eigenvalue weighted by Gasteiger charge is 2.08. The van der Waals surface area contributed by atoms with E-state index in [1.807, 2.05) is 30.3 Å². The van der Waals surface area contributed by atoms with E-state index in [1.54, 1.807) is 12.1 Å². The lowest BCUT2D eigenvalue weighted by molar-refractivity contribution is 0.684. The summed E-state index contributed by atoms with van der Waals surface area (Å²) in [5, 5.41) is 20.2. The van der Waals surface area contributed by atoms with E-state index in [-0.39, 0.29) is 0 Å². The molecule has 0 atom stereocenters. The summed E-state index contributed by atoms with van der Waals surface area (Å²) in [6.07, 6.45) is 0. The summed E-state index contributed by atoms with van der Waals surface area (Å²) in [5.41, 5.74) is 1.60. The minimum Gasteiger partial charge on any atom is -0.152 e. The van der Waals surface area contributed by atoms with Crippen molar-refractivity contribution in [1.29, 1.82) is 0 Å². The molecule has 0 saturated heterocycles. The van der Waals surface area contributed by atoms with Crippen molar-refractivity contribution in [2.24, 2.45) is 0 Å². The Hall–Kier alpha value is -2.34. The quantitative estimate of drug-likeness (QED) is 0.681. The number of halogens is 1. The Balaban J connectivity index is 1.92. The Morgan fingerprint density at radius 2 is 1.79 bits per heavy atom. The van der Waals surface area contributed by atoms with Gasteiger partial charge < -0.3 is 0 Å². The van der Waals surface area contributed by atoms with Crippen LogP contribution in [0.15, 0.2) is 42.5 Å². The Labute approximate surface area is 114 Å². The summed E-state index contributed by atoms with van der Waals surface area (Å²) in [4.78, 5) is 1.34. The number of tetrazole rings is 1. The van der Waals surface area contributed by atoms with Gasteiger partial charge in [0.05, 0.1) is 11.6 Å². The van der Waals surface area contributed by atoms with Gasteiger partial charge >= 0.3 is 0 Å². The van der Waals surface area contributed by atoms with E-state index in [2.05, 4.69) is 25.6 Å². The molecule has 0 N–H and O–H groups in total. The van der Waals surface area contributed by atoms with Gasteiger partial charge in [0.25, 0.3) is 0 Å².